The van der Waals surface area contributed by atoms with Crippen molar-refractivity contribution in [1.29, 1.82) is 0 Å². The van der Waals surface area contributed by atoms with Crippen molar-refractivity contribution in [3.05, 3.63) is 53.1 Å². The lowest BCUT2D eigenvalue weighted by atomic mass is 10.2. The average molecular weight is 392 g/mol. The molecule has 0 radical (unpaired) electrons. The molecule has 1 heterocycles. The van der Waals surface area contributed by atoms with Gasteiger partial charge in [0.05, 0.1) is 28.6 Å². The number of methoxy groups -OCH3 is 1. The molecule has 134 valence electrons. The van der Waals surface area contributed by atoms with Gasteiger partial charge in [-0.1, -0.05) is 23.7 Å². The molecule has 2 amide bonds. The highest BCUT2D eigenvalue weighted by Crippen LogP contribution is 2.37. The van der Waals surface area contributed by atoms with Crippen LogP contribution < -0.4 is 9.64 Å². The smallest absolute Gasteiger partial charge is 0.336 e. The number of rotatable bonds is 5. The summed E-state index contributed by atoms with van der Waals surface area (Å²) < 4.78 is 5.07. The van der Waals surface area contributed by atoms with Gasteiger partial charge in [-0.15, -0.1) is 11.8 Å². The van der Waals surface area contributed by atoms with Crippen LogP contribution in [0.5, 0.6) is 5.75 Å². The van der Waals surface area contributed by atoms with E-state index in [1.807, 2.05) is 0 Å². The predicted molar refractivity (Wildman–Crippen MR) is 98.2 cm³/mol. The molecule has 2 aromatic carbocycles. The molecule has 0 bridgehead atoms. The number of hydrogen-bond donors (Lipinski definition) is 1. The quantitative estimate of drug-likeness (QED) is 0.785. The number of thioether (sulfide) groups is 1. The van der Waals surface area contributed by atoms with Crippen molar-refractivity contribution in [2.45, 2.75) is 16.6 Å². The van der Waals surface area contributed by atoms with Crippen LogP contribution in [-0.2, 0) is 9.59 Å². The Kier molecular flexibility index (Phi) is 5.20. The van der Waals surface area contributed by atoms with Gasteiger partial charge >= 0.3 is 5.97 Å². The van der Waals surface area contributed by atoms with Gasteiger partial charge in [-0.05, 0) is 30.3 Å². The summed E-state index contributed by atoms with van der Waals surface area (Å²) in [5.41, 5.74) is 0.462. The van der Waals surface area contributed by atoms with Crippen molar-refractivity contribution >= 4 is 46.8 Å². The van der Waals surface area contributed by atoms with E-state index in [1.54, 1.807) is 30.3 Å². The second-order valence-corrected chi connectivity index (χ2v) is 7.15. The first-order valence-electron chi connectivity index (χ1n) is 7.61. The lowest BCUT2D eigenvalue weighted by molar-refractivity contribution is -0.121. The van der Waals surface area contributed by atoms with Crippen LogP contribution in [0.3, 0.4) is 0 Å². The number of carbonyl (C=O) groups excluding carboxylic acids is 2. The summed E-state index contributed by atoms with van der Waals surface area (Å²) in [6, 6.07) is 11.1. The maximum absolute atomic E-state index is 12.7. The molecule has 0 saturated carbocycles. The van der Waals surface area contributed by atoms with Crippen LogP contribution in [-0.4, -0.2) is 35.2 Å². The number of nitrogens with zero attached hydrogens (tertiary/aromatic N) is 1. The van der Waals surface area contributed by atoms with Crippen LogP contribution in [0.4, 0.5) is 5.69 Å². The van der Waals surface area contributed by atoms with Gasteiger partial charge in [-0.3, -0.25) is 9.59 Å². The zero-order valence-electron chi connectivity index (χ0n) is 13.6. The summed E-state index contributed by atoms with van der Waals surface area (Å²) in [5, 5.41) is 8.86. The van der Waals surface area contributed by atoms with Gasteiger partial charge in [-0.2, -0.15) is 0 Å². The van der Waals surface area contributed by atoms with E-state index < -0.39 is 17.1 Å². The molecule has 2 aromatic rings. The van der Waals surface area contributed by atoms with Crippen LogP contribution in [0.1, 0.15) is 16.8 Å². The summed E-state index contributed by atoms with van der Waals surface area (Å²) in [4.78, 5) is 37.9. The molecular weight excluding hydrogens is 378 g/mol. The lowest BCUT2D eigenvalue weighted by Gasteiger charge is -2.16. The largest absolute Gasteiger partial charge is 0.495 e. The zero-order chi connectivity index (χ0) is 18.8. The molecule has 0 spiro atoms. The van der Waals surface area contributed by atoms with E-state index in [-0.39, 0.29) is 22.9 Å². The van der Waals surface area contributed by atoms with E-state index in [2.05, 4.69) is 0 Å². The molecule has 0 aliphatic carbocycles. The second-order valence-electron chi connectivity index (χ2n) is 5.50. The minimum absolute atomic E-state index is 0.0128. The molecule has 3 rings (SSSR count). The summed E-state index contributed by atoms with van der Waals surface area (Å²) in [6.45, 7) is 0. The third-order valence-corrected chi connectivity index (χ3v) is 5.44. The first-order chi connectivity index (χ1) is 12.4. The number of aromatic carboxylic acids is 1. The van der Waals surface area contributed by atoms with E-state index in [1.165, 1.54) is 19.2 Å². The van der Waals surface area contributed by atoms with Gasteiger partial charge in [0.1, 0.15) is 5.75 Å². The maximum Gasteiger partial charge on any atom is 0.336 e. The van der Waals surface area contributed by atoms with E-state index in [4.69, 9.17) is 16.3 Å². The fourth-order valence-corrected chi connectivity index (χ4v) is 4.09. The predicted octanol–water partition coefficient (Wildman–Crippen LogP) is 3.47. The van der Waals surface area contributed by atoms with Crippen LogP contribution in [0.25, 0.3) is 0 Å². The van der Waals surface area contributed by atoms with Crippen molar-refractivity contribution in [2.75, 3.05) is 12.0 Å². The summed E-state index contributed by atoms with van der Waals surface area (Å²) in [5.74, 6) is -1.40. The van der Waals surface area contributed by atoms with Gasteiger partial charge in [0.2, 0.25) is 11.8 Å². The van der Waals surface area contributed by atoms with Crippen LogP contribution in [0.2, 0.25) is 5.02 Å². The Morgan fingerprint density at radius 1 is 1.27 bits per heavy atom. The highest BCUT2D eigenvalue weighted by molar-refractivity contribution is 8.00. The third kappa shape index (κ3) is 3.40. The maximum atomic E-state index is 12.7. The molecule has 1 fully saturated rings. The lowest BCUT2D eigenvalue weighted by Crippen LogP contribution is -2.31. The van der Waals surface area contributed by atoms with Crippen molar-refractivity contribution in [3.63, 3.8) is 0 Å². The number of anilines is 1. The van der Waals surface area contributed by atoms with Crippen LogP contribution in [0, 0.1) is 0 Å². The van der Waals surface area contributed by atoms with Crippen molar-refractivity contribution < 1.29 is 24.2 Å². The normalized spacial score (nSPS) is 16.8. The van der Waals surface area contributed by atoms with Gasteiger partial charge in [0, 0.05) is 11.3 Å². The Hall–Kier alpha value is -2.51. The molecule has 0 aromatic heterocycles. The Morgan fingerprint density at radius 3 is 2.65 bits per heavy atom. The molecule has 6 nitrogen and oxygen atoms in total. The Morgan fingerprint density at radius 2 is 2.00 bits per heavy atom. The number of carbonyl (C=O) groups is 3. The summed E-state index contributed by atoms with van der Waals surface area (Å²) in [6.07, 6.45) is -0.0128. The minimum Gasteiger partial charge on any atom is -0.495 e. The topological polar surface area (TPSA) is 83.9 Å². The van der Waals surface area contributed by atoms with Crippen LogP contribution in [0.15, 0.2) is 47.4 Å². The number of carboxylic acids is 1. The molecule has 1 aliphatic heterocycles. The SMILES string of the molecule is COc1ccc(N2C(=O)C[C@H](Sc3ccccc3C(=O)O)C2=O)cc1Cl. The van der Waals surface area contributed by atoms with Gasteiger partial charge < -0.3 is 9.84 Å². The van der Waals surface area contributed by atoms with E-state index in [0.29, 0.717) is 16.3 Å². The molecule has 26 heavy (non-hydrogen) atoms. The fraction of sp³-hybridized carbons (Fsp3) is 0.167. The summed E-state index contributed by atoms with van der Waals surface area (Å²) in [7, 11) is 1.47. The number of benzene rings is 2. The zero-order valence-corrected chi connectivity index (χ0v) is 15.2. The number of halogens is 1. The third-order valence-electron chi connectivity index (χ3n) is 3.89. The van der Waals surface area contributed by atoms with E-state index in [9.17, 15) is 19.5 Å². The van der Waals surface area contributed by atoms with Crippen molar-refractivity contribution in [3.8, 4) is 5.75 Å². The van der Waals surface area contributed by atoms with E-state index in [0.717, 1.165) is 16.7 Å². The highest BCUT2D eigenvalue weighted by Gasteiger charge is 2.40. The number of ether oxygens (including phenoxy) is 1. The molecule has 0 unspecified atom stereocenters. The fourth-order valence-electron chi connectivity index (χ4n) is 2.66. The Bertz CT molecular complexity index is 901. The number of hydrogen-bond acceptors (Lipinski definition) is 5. The average Bonchev–Trinajstić information content (AvgIpc) is 2.88. The second kappa shape index (κ2) is 7.39. The van der Waals surface area contributed by atoms with E-state index >= 15 is 0 Å². The van der Waals surface area contributed by atoms with Crippen molar-refractivity contribution in [2.24, 2.45) is 0 Å². The molecule has 1 saturated heterocycles. The monoisotopic (exact) mass is 391 g/mol. The van der Waals surface area contributed by atoms with Gasteiger partial charge in [0.15, 0.2) is 0 Å². The molecule has 1 aliphatic rings. The highest BCUT2D eigenvalue weighted by atomic mass is 35.5. The van der Waals surface area contributed by atoms with Crippen LogP contribution >= 0.6 is 23.4 Å². The van der Waals surface area contributed by atoms with Gasteiger partial charge in [-0.25, -0.2) is 9.69 Å². The number of amides is 2. The minimum atomic E-state index is -1.08. The molecular formula is C18H14ClNO5S. The Balaban J connectivity index is 1.86. The number of imide groups is 1. The summed E-state index contributed by atoms with van der Waals surface area (Å²) >= 11 is 7.16. The Labute approximate surface area is 158 Å². The van der Waals surface area contributed by atoms with Gasteiger partial charge in [0.25, 0.3) is 0 Å². The van der Waals surface area contributed by atoms with Crippen molar-refractivity contribution in [1.82, 2.24) is 0 Å². The number of carboxylic acid groups (broad SMARTS) is 1. The molecule has 8 heteroatoms. The first kappa shape index (κ1) is 18.3. The molecule has 1 N–H and O–H groups in total. The first-order valence-corrected chi connectivity index (χ1v) is 8.87. The standard InChI is InChI=1S/C18H14ClNO5S/c1-25-13-7-6-10(8-12(13)19)20-16(21)9-15(17(20)22)26-14-5-3-2-4-11(14)18(23)24/h2-8,15H,9H2,1H3,(H,23,24)/t15-/m0/s1. The molecule has 1 atom stereocenters.